The molecule has 1 aliphatic rings. The van der Waals surface area contributed by atoms with Crippen LogP contribution in [0.15, 0.2) is 24.3 Å². The van der Waals surface area contributed by atoms with Crippen molar-refractivity contribution in [2.45, 2.75) is 57.4 Å². The van der Waals surface area contributed by atoms with Gasteiger partial charge in [-0.05, 0) is 43.6 Å². The van der Waals surface area contributed by atoms with E-state index in [0.29, 0.717) is 18.4 Å². The first-order valence-electron chi connectivity index (χ1n) is 7.64. The van der Waals surface area contributed by atoms with Crippen molar-refractivity contribution in [3.05, 3.63) is 39.9 Å². The summed E-state index contributed by atoms with van der Waals surface area (Å²) in [6.07, 6.45) is 5.49. The molecule has 0 aromatic heterocycles. The van der Waals surface area contributed by atoms with Crippen LogP contribution in [0.1, 0.15) is 56.9 Å². The Hall–Kier alpha value is -1.91. The Morgan fingerprint density at radius 2 is 1.86 bits per heavy atom. The molecular weight excluding hydrogens is 268 g/mol. The molecule has 1 aliphatic carbocycles. The van der Waals surface area contributed by atoms with E-state index in [1.807, 2.05) is 19.1 Å². The van der Waals surface area contributed by atoms with Gasteiger partial charge in [-0.1, -0.05) is 19.1 Å². The summed E-state index contributed by atoms with van der Waals surface area (Å²) in [6, 6.07) is 7.16. The molecule has 0 radical (unpaired) electrons. The predicted octanol–water partition coefficient (Wildman–Crippen LogP) is 3.54. The molecule has 1 N–H and O–H groups in total. The van der Waals surface area contributed by atoms with E-state index in [4.69, 9.17) is 0 Å². The van der Waals surface area contributed by atoms with Crippen molar-refractivity contribution in [1.82, 2.24) is 5.32 Å². The van der Waals surface area contributed by atoms with E-state index in [9.17, 15) is 14.9 Å². The molecule has 1 aromatic carbocycles. The summed E-state index contributed by atoms with van der Waals surface area (Å²) in [6.45, 7) is 2.01. The first kappa shape index (κ1) is 15.5. The Morgan fingerprint density at radius 3 is 2.38 bits per heavy atom. The number of carbonyl (C=O) groups excluding carboxylic acids is 1. The number of nitro groups is 1. The number of amides is 1. The lowest BCUT2D eigenvalue weighted by atomic mass is 9.81. The number of benzene rings is 1. The maximum absolute atomic E-state index is 11.6. The van der Waals surface area contributed by atoms with Crippen molar-refractivity contribution in [2.24, 2.45) is 0 Å². The lowest BCUT2D eigenvalue weighted by molar-refractivity contribution is -0.384. The number of nitrogens with zero attached hydrogens (tertiary/aromatic N) is 1. The summed E-state index contributed by atoms with van der Waals surface area (Å²) < 4.78 is 0. The van der Waals surface area contributed by atoms with Gasteiger partial charge in [-0.15, -0.1) is 0 Å². The third-order valence-corrected chi connectivity index (χ3v) is 4.14. The maximum atomic E-state index is 11.6. The Bertz CT molecular complexity index is 491. The zero-order valence-electron chi connectivity index (χ0n) is 12.4. The maximum Gasteiger partial charge on any atom is 0.269 e. The second kappa shape index (κ2) is 7.20. The number of nitrogens with one attached hydrogen (secondary N) is 1. The molecule has 1 amide bonds. The van der Waals surface area contributed by atoms with Gasteiger partial charge in [0.25, 0.3) is 5.69 Å². The van der Waals surface area contributed by atoms with E-state index >= 15 is 0 Å². The van der Waals surface area contributed by atoms with E-state index in [2.05, 4.69) is 5.32 Å². The molecule has 0 atom stereocenters. The molecular formula is C16H22N2O3. The quantitative estimate of drug-likeness (QED) is 0.666. The van der Waals surface area contributed by atoms with Gasteiger partial charge in [-0.25, -0.2) is 0 Å². The largest absolute Gasteiger partial charge is 0.353 e. The minimum Gasteiger partial charge on any atom is -0.353 e. The van der Waals surface area contributed by atoms with Gasteiger partial charge in [0, 0.05) is 24.6 Å². The standard InChI is InChI=1S/C16H22N2O3/c1-2-3-16(19)17-14-8-4-12(5-9-14)13-6-10-15(11-7-13)18(20)21/h6-7,10-12,14H,2-5,8-9H2,1H3,(H,17,19). The topological polar surface area (TPSA) is 72.2 Å². The summed E-state index contributed by atoms with van der Waals surface area (Å²) in [5.74, 6) is 0.599. The van der Waals surface area contributed by atoms with E-state index in [1.165, 1.54) is 5.56 Å². The van der Waals surface area contributed by atoms with Crippen LogP contribution in [0, 0.1) is 10.1 Å². The van der Waals surface area contributed by atoms with Gasteiger partial charge in [0.2, 0.25) is 5.91 Å². The summed E-state index contributed by atoms with van der Waals surface area (Å²) >= 11 is 0. The zero-order chi connectivity index (χ0) is 15.2. The van der Waals surface area contributed by atoms with Crippen LogP contribution in [0.4, 0.5) is 5.69 Å². The van der Waals surface area contributed by atoms with Crippen LogP contribution in [0.5, 0.6) is 0 Å². The zero-order valence-corrected chi connectivity index (χ0v) is 12.4. The van der Waals surface area contributed by atoms with Crippen LogP contribution < -0.4 is 5.32 Å². The summed E-state index contributed by atoms with van der Waals surface area (Å²) in [5.41, 5.74) is 1.30. The van der Waals surface area contributed by atoms with Gasteiger partial charge >= 0.3 is 0 Å². The fourth-order valence-corrected chi connectivity index (χ4v) is 2.97. The van der Waals surface area contributed by atoms with E-state index < -0.39 is 0 Å². The average molecular weight is 290 g/mol. The van der Waals surface area contributed by atoms with E-state index in [-0.39, 0.29) is 16.5 Å². The highest BCUT2D eigenvalue weighted by molar-refractivity contribution is 5.76. The van der Waals surface area contributed by atoms with Crippen molar-refractivity contribution < 1.29 is 9.72 Å². The summed E-state index contributed by atoms with van der Waals surface area (Å²) in [5, 5.41) is 13.7. The van der Waals surface area contributed by atoms with Gasteiger partial charge in [0.15, 0.2) is 0 Å². The number of non-ortho nitro benzene ring substituents is 1. The Labute approximate surface area is 124 Å². The number of hydrogen-bond acceptors (Lipinski definition) is 3. The third kappa shape index (κ3) is 4.28. The van der Waals surface area contributed by atoms with E-state index in [1.54, 1.807) is 12.1 Å². The molecule has 21 heavy (non-hydrogen) atoms. The molecule has 0 unspecified atom stereocenters. The Morgan fingerprint density at radius 1 is 1.24 bits per heavy atom. The molecule has 1 fully saturated rings. The fourth-order valence-electron chi connectivity index (χ4n) is 2.97. The highest BCUT2D eigenvalue weighted by atomic mass is 16.6. The van der Waals surface area contributed by atoms with Crippen LogP contribution in [0.25, 0.3) is 0 Å². The van der Waals surface area contributed by atoms with Gasteiger partial charge in [0.1, 0.15) is 0 Å². The van der Waals surface area contributed by atoms with Crippen LogP contribution in [0.2, 0.25) is 0 Å². The molecule has 1 aromatic rings. The molecule has 0 spiro atoms. The van der Waals surface area contributed by atoms with Gasteiger partial charge in [-0.2, -0.15) is 0 Å². The van der Waals surface area contributed by atoms with Crippen LogP contribution >= 0.6 is 0 Å². The lowest BCUT2D eigenvalue weighted by Crippen LogP contribution is -2.37. The summed E-state index contributed by atoms with van der Waals surface area (Å²) in [7, 11) is 0. The third-order valence-electron chi connectivity index (χ3n) is 4.14. The highest BCUT2D eigenvalue weighted by Crippen LogP contribution is 2.33. The molecule has 0 bridgehead atoms. The van der Waals surface area contributed by atoms with Crippen molar-refractivity contribution in [2.75, 3.05) is 0 Å². The molecule has 0 aliphatic heterocycles. The minimum absolute atomic E-state index is 0.138. The lowest BCUT2D eigenvalue weighted by Gasteiger charge is -2.29. The second-order valence-electron chi connectivity index (χ2n) is 5.71. The number of rotatable bonds is 5. The van der Waals surface area contributed by atoms with Crippen molar-refractivity contribution in [3.63, 3.8) is 0 Å². The number of nitro benzene ring substituents is 1. The smallest absolute Gasteiger partial charge is 0.269 e. The van der Waals surface area contributed by atoms with Crippen LogP contribution in [-0.2, 0) is 4.79 Å². The molecule has 1 saturated carbocycles. The minimum atomic E-state index is -0.371. The van der Waals surface area contributed by atoms with Crippen molar-refractivity contribution >= 4 is 11.6 Å². The SMILES string of the molecule is CCCC(=O)NC1CCC(c2ccc([N+](=O)[O-])cc2)CC1. The Kier molecular flexibility index (Phi) is 5.31. The summed E-state index contributed by atoms with van der Waals surface area (Å²) in [4.78, 5) is 21.9. The first-order valence-corrected chi connectivity index (χ1v) is 7.64. The fraction of sp³-hybridized carbons (Fsp3) is 0.562. The van der Waals surface area contributed by atoms with Crippen molar-refractivity contribution in [3.8, 4) is 0 Å². The van der Waals surface area contributed by atoms with Crippen molar-refractivity contribution in [1.29, 1.82) is 0 Å². The van der Waals surface area contributed by atoms with Gasteiger partial charge in [0.05, 0.1) is 4.92 Å². The number of hydrogen-bond donors (Lipinski definition) is 1. The van der Waals surface area contributed by atoms with E-state index in [0.717, 1.165) is 32.1 Å². The van der Waals surface area contributed by atoms with Gasteiger partial charge in [-0.3, -0.25) is 14.9 Å². The first-order chi connectivity index (χ1) is 10.1. The van der Waals surface area contributed by atoms with Crippen LogP contribution in [-0.4, -0.2) is 16.9 Å². The van der Waals surface area contributed by atoms with Crippen LogP contribution in [0.3, 0.4) is 0 Å². The average Bonchev–Trinajstić information content (AvgIpc) is 2.48. The molecule has 114 valence electrons. The molecule has 0 heterocycles. The molecule has 0 saturated heterocycles. The number of carbonyl (C=O) groups is 1. The Balaban J connectivity index is 1.86. The van der Waals surface area contributed by atoms with Gasteiger partial charge < -0.3 is 5.32 Å². The molecule has 5 heteroatoms. The normalized spacial score (nSPS) is 21.8. The predicted molar refractivity (Wildman–Crippen MR) is 81.1 cm³/mol. The monoisotopic (exact) mass is 290 g/mol. The molecule has 5 nitrogen and oxygen atoms in total. The second-order valence-corrected chi connectivity index (χ2v) is 5.71. The molecule has 2 rings (SSSR count). The highest BCUT2D eigenvalue weighted by Gasteiger charge is 2.23.